The molecule has 0 aliphatic carbocycles. The molecule has 1 fully saturated rings. The molecule has 172 valence electrons. The third-order valence-electron chi connectivity index (χ3n) is 5.63. The number of hydrogen-bond acceptors (Lipinski definition) is 9. The van der Waals surface area contributed by atoms with E-state index in [0.29, 0.717) is 41.4 Å². The van der Waals surface area contributed by atoms with E-state index in [-0.39, 0.29) is 11.1 Å². The molecule has 4 aromatic rings. The molecule has 5 rings (SSSR count). The van der Waals surface area contributed by atoms with E-state index in [1.165, 1.54) is 0 Å². The maximum absolute atomic E-state index is 12.1. The number of aryl methyl sites for hydroxylation is 2. The van der Waals surface area contributed by atoms with Crippen molar-refractivity contribution in [2.75, 3.05) is 24.7 Å². The highest BCUT2D eigenvalue weighted by molar-refractivity contribution is 7.90. The highest BCUT2D eigenvalue weighted by Gasteiger charge is 2.25. The Labute approximate surface area is 190 Å². The molecule has 0 amide bonds. The van der Waals surface area contributed by atoms with Crippen LogP contribution in [0.2, 0.25) is 0 Å². The van der Waals surface area contributed by atoms with Crippen molar-refractivity contribution in [1.29, 1.82) is 0 Å². The van der Waals surface area contributed by atoms with Crippen molar-refractivity contribution in [2.45, 2.75) is 24.6 Å². The van der Waals surface area contributed by atoms with Crippen molar-refractivity contribution >= 4 is 32.4 Å². The molecule has 11 nitrogen and oxygen atoms in total. The second-order valence-corrected chi connectivity index (χ2v) is 10.3. The van der Waals surface area contributed by atoms with Crippen molar-refractivity contribution in [1.82, 2.24) is 34.4 Å². The number of aromatic nitrogens is 6. The number of hydrogen-bond donors (Lipinski definition) is 2. The molecule has 1 aliphatic heterocycles. The van der Waals surface area contributed by atoms with Crippen molar-refractivity contribution in [2.24, 2.45) is 7.05 Å². The van der Waals surface area contributed by atoms with Crippen LogP contribution in [0.4, 0.5) is 11.6 Å². The van der Waals surface area contributed by atoms with Crippen LogP contribution in [0, 0.1) is 6.92 Å². The van der Waals surface area contributed by atoms with Gasteiger partial charge in [-0.15, -0.1) is 0 Å². The lowest BCUT2D eigenvalue weighted by Crippen LogP contribution is -2.49. The number of β-amino-alcohol motifs (C(OH)–C–C–N with tert-alkyl or cyclic N) is 1. The van der Waals surface area contributed by atoms with Gasteiger partial charge < -0.3 is 10.4 Å². The molecule has 3 aromatic heterocycles. The van der Waals surface area contributed by atoms with Crippen LogP contribution >= 0.6 is 0 Å². The molecule has 1 aromatic carbocycles. The minimum atomic E-state index is -3.47. The van der Waals surface area contributed by atoms with Crippen LogP contribution < -0.4 is 5.32 Å². The second kappa shape index (κ2) is 7.90. The van der Waals surface area contributed by atoms with Gasteiger partial charge in [-0.1, -0.05) is 0 Å². The smallest absolute Gasteiger partial charge is 0.229 e. The lowest BCUT2D eigenvalue weighted by Gasteiger charge is -2.35. The molecule has 2 N–H and O–H groups in total. The lowest BCUT2D eigenvalue weighted by atomic mass is 10.1. The summed E-state index contributed by atoms with van der Waals surface area (Å²) < 4.78 is 27.5. The Morgan fingerprint density at radius 2 is 2.00 bits per heavy atom. The Morgan fingerprint density at radius 1 is 1.21 bits per heavy atom. The number of fused-ring (bicyclic) bond motifs is 1. The summed E-state index contributed by atoms with van der Waals surface area (Å²) in [6.45, 7) is 4.03. The Balaban J connectivity index is 1.41. The number of benzene rings is 1. The van der Waals surface area contributed by atoms with Gasteiger partial charge in [0.15, 0.2) is 20.7 Å². The highest BCUT2D eigenvalue weighted by Crippen LogP contribution is 2.26. The van der Waals surface area contributed by atoms with Gasteiger partial charge in [0, 0.05) is 68.0 Å². The molecular weight excluding hydrogens is 444 g/mol. The normalized spacial score (nSPS) is 15.2. The van der Waals surface area contributed by atoms with E-state index in [2.05, 4.69) is 30.4 Å². The van der Waals surface area contributed by atoms with Gasteiger partial charge in [0.1, 0.15) is 0 Å². The van der Waals surface area contributed by atoms with Gasteiger partial charge in [-0.25, -0.2) is 18.1 Å². The average Bonchev–Trinajstić information content (AvgIpc) is 3.27. The Hall–Kier alpha value is -3.35. The first-order chi connectivity index (χ1) is 15.7. The summed E-state index contributed by atoms with van der Waals surface area (Å²) in [4.78, 5) is 11.0. The van der Waals surface area contributed by atoms with Gasteiger partial charge in [0.25, 0.3) is 0 Å². The number of rotatable bonds is 6. The van der Waals surface area contributed by atoms with E-state index in [1.54, 1.807) is 40.8 Å². The first-order valence-electron chi connectivity index (χ1n) is 10.4. The highest BCUT2D eigenvalue weighted by atomic mass is 32.2. The van der Waals surface area contributed by atoms with E-state index < -0.39 is 9.84 Å². The Kier molecular flexibility index (Phi) is 5.15. The number of likely N-dealkylation sites (tertiary alicyclic amines) is 1. The van der Waals surface area contributed by atoms with Crippen molar-refractivity contribution in [3.05, 3.63) is 47.9 Å². The Bertz CT molecular complexity index is 1450. The molecule has 1 saturated heterocycles. The maximum atomic E-state index is 12.1. The minimum absolute atomic E-state index is 0.0348. The zero-order valence-corrected chi connectivity index (χ0v) is 19.3. The third-order valence-corrected chi connectivity index (χ3v) is 6.64. The van der Waals surface area contributed by atoms with E-state index >= 15 is 0 Å². The fourth-order valence-corrected chi connectivity index (χ4v) is 4.77. The van der Waals surface area contributed by atoms with Gasteiger partial charge in [0.2, 0.25) is 5.95 Å². The van der Waals surface area contributed by atoms with Gasteiger partial charge in [-0.3, -0.25) is 9.58 Å². The Morgan fingerprint density at radius 3 is 2.73 bits per heavy atom. The summed E-state index contributed by atoms with van der Waals surface area (Å²) in [6, 6.07) is 7.12. The lowest BCUT2D eigenvalue weighted by molar-refractivity contribution is -0.00297. The quantitative estimate of drug-likeness (QED) is 0.428. The van der Waals surface area contributed by atoms with Crippen LogP contribution in [0.3, 0.4) is 0 Å². The molecule has 12 heteroatoms. The summed E-state index contributed by atoms with van der Waals surface area (Å²) in [5.41, 5.74) is 3.33. The number of nitrogens with one attached hydrogen (secondary N) is 1. The van der Waals surface area contributed by atoms with Gasteiger partial charge >= 0.3 is 0 Å². The average molecular weight is 469 g/mol. The largest absolute Gasteiger partial charge is 0.390 e. The van der Waals surface area contributed by atoms with Crippen molar-refractivity contribution in [3.63, 3.8) is 0 Å². The van der Waals surface area contributed by atoms with Gasteiger partial charge in [-0.2, -0.15) is 15.2 Å². The van der Waals surface area contributed by atoms with Crippen molar-refractivity contribution < 1.29 is 13.5 Å². The molecule has 0 spiro atoms. The summed E-state index contributed by atoms with van der Waals surface area (Å²) >= 11 is 0. The molecule has 0 saturated carbocycles. The first kappa shape index (κ1) is 21.5. The van der Waals surface area contributed by atoms with E-state index in [4.69, 9.17) is 0 Å². The van der Waals surface area contributed by atoms with E-state index in [9.17, 15) is 13.5 Å². The standard InChI is InChI=1S/C21H24N8O3S/c1-13-14(9-28-11-16(30)12-28)10-29(25-13)19-6-7-22-21(24-19)23-15-4-5-18-17(8-15)20(26-27(18)2)33(3,31)32/h4-8,10,16,30H,9,11-12H2,1-3H3,(H,22,23,24). The molecule has 4 heterocycles. The van der Waals surface area contributed by atoms with Crippen LogP contribution in [-0.2, 0) is 23.4 Å². The van der Waals surface area contributed by atoms with Crippen LogP contribution in [0.25, 0.3) is 16.7 Å². The number of sulfone groups is 1. The topological polar surface area (TPSA) is 131 Å². The fraction of sp³-hybridized carbons (Fsp3) is 0.333. The van der Waals surface area contributed by atoms with Gasteiger partial charge in [-0.05, 0) is 25.1 Å². The molecular formula is C21H24N8O3S. The predicted octanol–water partition coefficient (Wildman–Crippen LogP) is 1.18. The SMILES string of the molecule is Cc1nn(-c2ccnc(Nc3ccc4c(c3)c(S(C)(=O)=O)nn4C)n2)cc1CN1CC(O)C1. The molecule has 0 bridgehead atoms. The molecule has 0 radical (unpaired) electrons. The molecule has 0 unspecified atom stereocenters. The van der Waals surface area contributed by atoms with E-state index in [0.717, 1.165) is 24.1 Å². The number of aliphatic hydroxyl groups is 1. The monoisotopic (exact) mass is 468 g/mol. The summed E-state index contributed by atoms with van der Waals surface area (Å²) in [6.07, 6.45) is 4.48. The molecule has 0 atom stereocenters. The fourth-order valence-electron chi connectivity index (χ4n) is 3.93. The van der Waals surface area contributed by atoms with Gasteiger partial charge in [0.05, 0.1) is 17.3 Å². The van der Waals surface area contributed by atoms with E-state index in [1.807, 2.05) is 19.2 Å². The van der Waals surface area contributed by atoms with Crippen LogP contribution in [0.1, 0.15) is 11.3 Å². The number of anilines is 2. The van der Waals surface area contributed by atoms with Crippen LogP contribution in [-0.4, -0.2) is 73.4 Å². The third kappa shape index (κ3) is 4.19. The zero-order chi connectivity index (χ0) is 23.3. The molecule has 1 aliphatic rings. The minimum Gasteiger partial charge on any atom is -0.390 e. The second-order valence-electron chi connectivity index (χ2n) is 8.33. The maximum Gasteiger partial charge on any atom is 0.229 e. The molecule has 33 heavy (non-hydrogen) atoms. The summed E-state index contributed by atoms with van der Waals surface area (Å²) in [5.74, 6) is 0.960. The summed E-state index contributed by atoms with van der Waals surface area (Å²) in [5, 5.41) is 21.9. The van der Waals surface area contributed by atoms with Crippen molar-refractivity contribution in [3.8, 4) is 5.82 Å². The van der Waals surface area contributed by atoms with Crippen LogP contribution in [0.15, 0.2) is 41.7 Å². The van der Waals surface area contributed by atoms with Crippen LogP contribution in [0.5, 0.6) is 0 Å². The number of aliphatic hydroxyl groups excluding tert-OH is 1. The first-order valence-corrected chi connectivity index (χ1v) is 12.3. The summed E-state index contributed by atoms with van der Waals surface area (Å²) in [7, 11) is -1.76. The predicted molar refractivity (Wildman–Crippen MR) is 122 cm³/mol. The number of nitrogens with zero attached hydrogens (tertiary/aromatic N) is 7. The zero-order valence-electron chi connectivity index (χ0n) is 18.5.